The topological polar surface area (TPSA) is 63.6 Å². The third kappa shape index (κ3) is 2.85. The molecule has 1 rings (SSSR count). The van der Waals surface area contributed by atoms with E-state index in [1.165, 1.54) is 13.2 Å². The minimum atomic E-state index is -1.46. The predicted molar refractivity (Wildman–Crippen MR) is 66.7 cm³/mol. The monoisotopic (exact) mass is 300 g/mol. The van der Waals surface area contributed by atoms with Crippen molar-refractivity contribution in [3.8, 4) is 5.75 Å². The molecule has 17 heavy (non-hydrogen) atoms. The van der Waals surface area contributed by atoms with E-state index in [0.717, 1.165) is 5.56 Å². The van der Waals surface area contributed by atoms with Gasteiger partial charge in [0.1, 0.15) is 5.75 Å². The highest BCUT2D eigenvalue weighted by molar-refractivity contribution is 9.10. The number of carboxylic acid groups (broad SMARTS) is 1. The second kappa shape index (κ2) is 5.31. The van der Waals surface area contributed by atoms with Crippen LogP contribution in [0, 0.1) is 0 Å². The maximum Gasteiger partial charge on any atom is 0.377 e. The van der Waals surface area contributed by atoms with E-state index < -0.39 is 11.8 Å². The highest BCUT2D eigenvalue weighted by atomic mass is 79.9. The number of halogens is 1. The molecular formula is C12H13BrO4. The summed E-state index contributed by atoms with van der Waals surface area (Å²) >= 11 is 3.27. The lowest BCUT2D eigenvalue weighted by molar-refractivity contribution is -0.131. The Labute approximate surface area is 108 Å². The van der Waals surface area contributed by atoms with Gasteiger partial charge in [-0.15, -0.1) is 0 Å². The largest absolute Gasteiger partial charge is 0.495 e. The van der Waals surface area contributed by atoms with Crippen LogP contribution >= 0.6 is 15.9 Å². The molecule has 1 aromatic rings. The van der Waals surface area contributed by atoms with Gasteiger partial charge in [-0.2, -0.15) is 0 Å². The van der Waals surface area contributed by atoms with Gasteiger partial charge in [0.2, 0.25) is 0 Å². The second-order valence-electron chi connectivity index (χ2n) is 3.87. The number of hydrogen-bond acceptors (Lipinski definition) is 3. The first-order chi connectivity index (χ1) is 7.88. The van der Waals surface area contributed by atoms with Crippen LogP contribution in [-0.2, 0) is 4.79 Å². The van der Waals surface area contributed by atoms with Gasteiger partial charge in [0.25, 0.3) is 5.78 Å². The summed E-state index contributed by atoms with van der Waals surface area (Å²) in [7, 11) is 1.53. The van der Waals surface area contributed by atoms with Crippen LogP contribution in [0.5, 0.6) is 5.75 Å². The molecule has 5 heteroatoms. The van der Waals surface area contributed by atoms with Gasteiger partial charge < -0.3 is 9.84 Å². The van der Waals surface area contributed by atoms with Crippen molar-refractivity contribution in [2.24, 2.45) is 0 Å². The van der Waals surface area contributed by atoms with E-state index in [9.17, 15) is 9.59 Å². The number of aliphatic carboxylic acids is 1. The number of carbonyl (C=O) groups excluding carboxylic acids is 1. The Morgan fingerprint density at radius 2 is 1.94 bits per heavy atom. The number of ether oxygens (including phenoxy) is 1. The summed E-state index contributed by atoms with van der Waals surface area (Å²) in [6.07, 6.45) is 0. The number of rotatable bonds is 4. The van der Waals surface area contributed by atoms with E-state index in [1.54, 1.807) is 6.07 Å². The molecule has 0 aliphatic rings. The maximum atomic E-state index is 11.4. The molecule has 0 amide bonds. The van der Waals surface area contributed by atoms with E-state index in [-0.39, 0.29) is 11.5 Å². The Morgan fingerprint density at radius 3 is 2.35 bits per heavy atom. The lowest BCUT2D eigenvalue weighted by Gasteiger charge is -2.14. The van der Waals surface area contributed by atoms with Crippen molar-refractivity contribution >= 4 is 27.7 Å². The lowest BCUT2D eigenvalue weighted by atomic mass is 9.98. The zero-order chi connectivity index (χ0) is 13.2. The molecule has 0 bridgehead atoms. The van der Waals surface area contributed by atoms with Crippen molar-refractivity contribution in [2.45, 2.75) is 19.8 Å². The van der Waals surface area contributed by atoms with E-state index in [0.29, 0.717) is 10.2 Å². The summed E-state index contributed by atoms with van der Waals surface area (Å²) in [5.41, 5.74) is 0.945. The molecule has 0 heterocycles. The van der Waals surface area contributed by atoms with Gasteiger partial charge in [-0.1, -0.05) is 13.8 Å². The van der Waals surface area contributed by atoms with Crippen LogP contribution in [0.4, 0.5) is 0 Å². The van der Waals surface area contributed by atoms with Gasteiger partial charge in [0.05, 0.1) is 11.6 Å². The number of benzene rings is 1. The first kappa shape index (κ1) is 13.7. The summed E-state index contributed by atoms with van der Waals surface area (Å²) in [6, 6.07) is 3.02. The van der Waals surface area contributed by atoms with Gasteiger partial charge >= 0.3 is 5.97 Å². The Balaban J connectivity index is 3.39. The fourth-order valence-corrected chi connectivity index (χ4v) is 2.15. The molecule has 0 aromatic heterocycles. The summed E-state index contributed by atoms with van der Waals surface area (Å²) in [5, 5.41) is 8.69. The zero-order valence-electron chi connectivity index (χ0n) is 9.78. The average molecular weight is 301 g/mol. The number of methoxy groups -OCH3 is 1. The molecule has 0 saturated heterocycles. The Hall–Kier alpha value is -1.36. The first-order valence-corrected chi connectivity index (χ1v) is 5.82. The van der Waals surface area contributed by atoms with E-state index >= 15 is 0 Å². The number of Topliss-reactive ketones (excluding diaryl/α,β-unsaturated/α-hetero) is 1. The maximum absolute atomic E-state index is 11.4. The van der Waals surface area contributed by atoms with Crippen LogP contribution in [0.2, 0.25) is 0 Å². The van der Waals surface area contributed by atoms with Crippen molar-refractivity contribution in [3.05, 3.63) is 27.7 Å². The van der Waals surface area contributed by atoms with Gasteiger partial charge in [0, 0.05) is 5.56 Å². The van der Waals surface area contributed by atoms with Gasteiger partial charge in [-0.05, 0) is 39.5 Å². The average Bonchev–Trinajstić information content (AvgIpc) is 2.26. The molecule has 0 saturated carbocycles. The molecule has 0 radical (unpaired) electrons. The number of carboxylic acids is 1. The third-order valence-corrected chi connectivity index (χ3v) is 2.94. The van der Waals surface area contributed by atoms with Crippen molar-refractivity contribution in [1.82, 2.24) is 0 Å². The molecule has 0 spiro atoms. The van der Waals surface area contributed by atoms with Crippen LogP contribution in [-0.4, -0.2) is 24.0 Å². The SMILES string of the molecule is COc1c(Br)cc(C(=O)C(=O)O)cc1C(C)C. The fourth-order valence-electron chi connectivity index (χ4n) is 1.51. The molecule has 0 unspecified atom stereocenters. The predicted octanol–water partition coefficient (Wildman–Crippen LogP) is 2.85. The highest BCUT2D eigenvalue weighted by Crippen LogP contribution is 2.35. The minimum Gasteiger partial charge on any atom is -0.495 e. The van der Waals surface area contributed by atoms with E-state index in [1.807, 2.05) is 13.8 Å². The van der Waals surface area contributed by atoms with Crippen molar-refractivity contribution in [3.63, 3.8) is 0 Å². The smallest absolute Gasteiger partial charge is 0.377 e. The molecule has 0 atom stereocenters. The number of hydrogen-bond donors (Lipinski definition) is 1. The van der Waals surface area contributed by atoms with E-state index in [4.69, 9.17) is 9.84 Å². The van der Waals surface area contributed by atoms with Crippen LogP contribution < -0.4 is 4.74 Å². The zero-order valence-corrected chi connectivity index (χ0v) is 11.4. The molecule has 92 valence electrons. The lowest BCUT2D eigenvalue weighted by Crippen LogP contribution is -2.13. The van der Waals surface area contributed by atoms with Gasteiger partial charge in [0.15, 0.2) is 0 Å². The van der Waals surface area contributed by atoms with Crippen molar-refractivity contribution in [2.75, 3.05) is 7.11 Å². The number of carbonyl (C=O) groups is 2. The molecule has 1 N–H and O–H groups in total. The Bertz CT molecular complexity index is 466. The molecule has 0 fully saturated rings. The molecule has 0 aliphatic heterocycles. The van der Waals surface area contributed by atoms with E-state index in [2.05, 4.69) is 15.9 Å². The van der Waals surface area contributed by atoms with Crippen LogP contribution in [0.25, 0.3) is 0 Å². The molecule has 1 aromatic carbocycles. The third-order valence-electron chi connectivity index (χ3n) is 2.35. The van der Waals surface area contributed by atoms with Gasteiger partial charge in [-0.25, -0.2) is 4.79 Å². The normalized spacial score (nSPS) is 10.4. The molecular weight excluding hydrogens is 288 g/mol. The number of ketones is 1. The summed E-state index contributed by atoms with van der Waals surface area (Å²) in [6.45, 7) is 3.89. The summed E-state index contributed by atoms with van der Waals surface area (Å²) in [4.78, 5) is 22.1. The molecule has 4 nitrogen and oxygen atoms in total. The van der Waals surface area contributed by atoms with Crippen LogP contribution in [0.1, 0.15) is 35.7 Å². The van der Waals surface area contributed by atoms with Crippen LogP contribution in [0.3, 0.4) is 0 Å². The minimum absolute atomic E-state index is 0.128. The quantitative estimate of drug-likeness (QED) is 0.686. The van der Waals surface area contributed by atoms with Gasteiger partial charge in [-0.3, -0.25) is 4.79 Å². The summed E-state index contributed by atoms with van der Waals surface area (Å²) < 4.78 is 5.81. The second-order valence-corrected chi connectivity index (χ2v) is 4.72. The standard InChI is InChI=1S/C12H13BrO4/c1-6(2)8-4-7(10(14)12(15)16)5-9(13)11(8)17-3/h4-6H,1-3H3,(H,15,16). The van der Waals surface area contributed by atoms with Crippen molar-refractivity contribution in [1.29, 1.82) is 0 Å². The highest BCUT2D eigenvalue weighted by Gasteiger charge is 2.20. The summed E-state index contributed by atoms with van der Waals surface area (Å²) in [5.74, 6) is -1.63. The van der Waals surface area contributed by atoms with Crippen LogP contribution in [0.15, 0.2) is 16.6 Å². The first-order valence-electron chi connectivity index (χ1n) is 5.03. The Kier molecular flexibility index (Phi) is 4.28. The Morgan fingerprint density at radius 1 is 1.35 bits per heavy atom. The fraction of sp³-hybridized carbons (Fsp3) is 0.333. The molecule has 0 aliphatic carbocycles. The van der Waals surface area contributed by atoms with Crippen molar-refractivity contribution < 1.29 is 19.4 Å².